The van der Waals surface area contributed by atoms with Crippen LogP contribution in [0.15, 0.2) is 30.3 Å². The highest BCUT2D eigenvalue weighted by Crippen LogP contribution is 2.24. The fourth-order valence-corrected chi connectivity index (χ4v) is 5.80. The third kappa shape index (κ3) is 7.89. The maximum absolute atomic E-state index is 14.0. The second-order valence-electron chi connectivity index (χ2n) is 12.6. The van der Waals surface area contributed by atoms with Crippen LogP contribution in [0.1, 0.15) is 72.8 Å². The van der Waals surface area contributed by atoms with Crippen LogP contribution in [0, 0.1) is 17.8 Å². The Morgan fingerprint density at radius 3 is 2.05 bits per heavy atom. The Hall–Kier alpha value is -3.43. The van der Waals surface area contributed by atoms with Crippen LogP contribution in [-0.2, 0) is 30.4 Å². The maximum Gasteiger partial charge on any atom is 0.245 e. The lowest BCUT2D eigenvalue weighted by atomic mass is 9.95. The Labute approximate surface area is 250 Å². The number of benzene rings is 1. The summed E-state index contributed by atoms with van der Waals surface area (Å²) in [6.45, 7) is 11.8. The zero-order valence-electron chi connectivity index (χ0n) is 26.2. The van der Waals surface area contributed by atoms with Crippen molar-refractivity contribution in [3.63, 3.8) is 0 Å². The summed E-state index contributed by atoms with van der Waals surface area (Å²) in [5, 5.41) is 8.71. The molecule has 0 saturated carbocycles. The molecule has 10 nitrogen and oxygen atoms in total. The summed E-state index contributed by atoms with van der Waals surface area (Å²) >= 11 is 0. The quantitative estimate of drug-likeness (QED) is 0.454. The number of carbonyl (C=O) groups is 5. The molecule has 2 aliphatic heterocycles. The second kappa shape index (κ2) is 14.6. The summed E-state index contributed by atoms with van der Waals surface area (Å²) in [6.07, 6.45) is 2.38. The van der Waals surface area contributed by atoms with Crippen molar-refractivity contribution in [2.75, 3.05) is 13.6 Å². The summed E-state index contributed by atoms with van der Waals surface area (Å²) in [6, 6.07) is 5.09. The normalized spacial score (nSPS) is 27.3. The molecule has 0 spiro atoms. The molecule has 2 heterocycles. The van der Waals surface area contributed by atoms with Crippen LogP contribution in [0.4, 0.5) is 0 Å². The molecule has 0 aliphatic carbocycles. The van der Waals surface area contributed by atoms with E-state index < -0.39 is 47.9 Å². The Morgan fingerprint density at radius 2 is 1.45 bits per heavy atom. The van der Waals surface area contributed by atoms with E-state index >= 15 is 0 Å². The van der Waals surface area contributed by atoms with Crippen molar-refractivity contribution >= 4 is 29.5 Å². The Bertz CT molecular complexity index is 1120. The Morgan fingerprint density at radius 1 is 0.833 bits per heavy atom. The van der Waals surface area contributed by atoms with Crippen molar-refractivity contribution in [2.24, 2.45) is 17.8 Å². The lowest BCUT2D eigenvalue weighted by Gasteiger charge is -2.34. The largest absolute Gasteiger partial charge is 0.342 e. The van der Waals surface area contributed by atoms with Crippen LogP contribution in [0.5, 0.6) is 0 Å². The topological polar surface area (TPSA) is 128 Å². The number of carbonyl (C=O) groups excluding carboxylic acids is 5. The molecule has 42 heavy (non-hydrogen) atoms. The van der Waals surface area contributed by atoms with E-state index in [1.807, 2.05) is 71.9 Å². The fraction of sp³-hybridized carbons (Fsp3) is 0.656. The van der Waals surface area contributed by atoms with E-state index in [2.05, 4.69) is 16.0 Å². The molecule has 1 aromatic carbocycles. The molecule has 2 aliphatic rings. The summed E-state index contributed by atoms with van der Waals surface area (Å²) in [5.41, 5.74) is 0.865. The van der Waals surface area contributed by atoms with Crippen molar-refractivity contribution in [3.8, 4) is 0 Å². The molecule has 3 rings (SSSR count). The van der Waals surface area contributed by atoms with Crippen LogP contribution in [0.25, 0.3) is 0 Å². The molecule has 3 N–H and O–H groups in total. The highest BCUT2D eigenvalue weighted by molar-refractivity contribution is 5.98. The zero-order valence-corrected chi connectivity index (χ0v) is 26.2. The van der Waals surface area contributed by atoms with E-state index in [0.29, 0.717) is 32.2 Å². The number of likely N-dealkylation sites (N-methyl/N-ethyl adjacent to an activating group) is 1. The molecule has 0 aromatic heterocycles. The number of nitrogens with one attached hydrogen (secondary N) is 3. The molecule has 0 radical (unpaired) electrons. The summed E-state index contributed by atoms with van der Waals surface area (Å²) in [5.74, 6) is -2.43. The summed E-state index contributed by atoms with van der Waals surface area (Å²) in [7, 11) is 1.59. The van der Waals surface area contributed by atoms with Crippen LogP contribution in [-0.4, -0.2) is 83.1 Å². The number of amides is 5. The number of rotatable bonds is 7. The van der Waals surface area contributed by atoms with Crippen molar-refractivity contribution in [3.05, 3.63) is 35.9 Å². The molecule has 2 fully saturated rings. The van der Waals surface area contributed by atoms with E-state index in [1.54, 1.807) is 11.9 Å². The van der Waals surface area contributed by atoms with Gasteiger partial charge >= 0.3 is 0 Å². The average Bonchev–Trinajstić information content (AvgIpc) is 3.44. The van der Waals surface area contributed by atoms with Gasteiger partial charge in [-0.05, 0) is 42.6 Å². The Kier molecular flexibility index (Phi) is 11.5. The van der Waals surface area contributed by atoms with Gasteiger partial charge in [-0.3, -0.25) is 24.0 Å². The van der Waals surface area contributed by atoms with Gasteiger partial charge in [0.2, 0.25) is 29.5 Å². The third-order valence-corrected chi connectivity index (χ3v) is 8.57. The third-order valence-electron chi connectivity index (χ3n) is 8.57. The van der Waals surface area contributed by atoms with Gasteiger partial charge in [-0.2, -0.15) is 0 Å². The van der Waals surface area contributed by atoms with Gasteiger partial charge in [0, 0.05) is 20.0 Å². The van der Waals surface area contributed by atoms with Crippen LogP contribution in [0.2, 0.25) is 0 Å². The standard InChI is InChI=1S/C32H49N5O5/c1-8-21(6)27-30(40)33-23(17-19(2)3)31(41)37-16-12-15-24(37)32(42)36(7)25(18-22-13-10-9-11-14-22)28(38)34-26(20(4)5)29(39)35-27/h9-11,13-14,19-21,23-27H,8,12,15-18H2,1-7H3,(H,33,40)(H,34,38)(H,35,39)/t21?,23-,24-,25-,26-,27+/m0/s1. The van der Waals surface area contributed by atoms with Gasteiger partial charge in [-0.15, -0.1) is 0 Å². The van der Waals surface area contributed by atoms with Gasteiger partial charge in [0.05, 0.1) is 0 Å². The molecule has 2 saturated heterocycles. The first-order valence-corrected chi connectivity index (χ1v) is 15.4. The highest BCUT2D eigenvalue weighted by atomic mass is 16.2. The van der Waals surface area contributed by atoms with Gasteiger partial charge in [0.25, 0.3) is 0 Å². The monoisotopic (exact) mass is 583 g/mol. The summed E-state index contributed by atoms with van der Waals surface area (Å²) in [4.78, 5) is 72.2. The molecule has 10 heteroatoms. The van der Waals surface area contributed by atoms with E-state index in [0.717, 1.165) is 5.56 Å². The first kappa shape index (κ1) is 33.1. The van der Waals surface area contributed by atoms with Gasteiger partial charge in [0.1, 0.15) is 30.2 Å². The lowest BCUT2D eigenvalue weighted by molar-refractivity contribution is -0.148. The fourth-order valence-electron chi connectivity index (χ4n) is 5.80. The van der Waals surface area contributed by atoms with Crippen LogP contribution < -0.4 is 16.0 Å². The lowest BCUT2D eigenvalue weighted by Crippen LogP contribution is -2.60. The predicted octanol–water partition coefficient (Wildman–Crippen LogP) is 2.26. The SMILES string of the molecule is CCC(C)[C@H]1NC(=O)[C@H](C(C)C)NC(=O)[C@H](Cc2ccccc2)N(C)C(=O)[C@@H]2CCCN2C(=O)[C@H](CC(C)C)NC1=O. The van der Waals surface area contributed by atoms with Crippen LogP contribution in [0.3, 0.4) is 0 Å². The van der Waals surface area contributed by atoms with Crippen molar-refractivity contribution in [2.45, 2.75) is 104 Å². The maximum atomic E-state index is 14.0. The molecule has 6 atom stereocenters. The van der Waals surface area contributed by atoms with Crippen molar-refractivity contribution in [1.29, 1.82) is 0 Å². The van der Waals surface area contributed by atoms with Crippen LogP contribution >= 0.6 is 0 Å². The number of nitrogens with zero attached hydrogens (tertiary/aromatic N) is 2. The molecule has 1 aromatic rings. The molecular formula is C32H49N5O5. The smallest absolute Gasteiger partial charge is 0.245 e. The minimum atomic E-state index is -0.931. The van der Waals surface area contributed by atoms with Crippen molar-refractivity contribution in [1.82, 2.24) is 25.8 Å². The number of hydrogen-bond donors (Lipinski definition) is 3. The zero-order chi connectivity index (χ0) is 31.1. The summed E-state index contributed by atoms with van der Waals surface area (Å²) < 4.78 is 0. The Balaban J connectivity index is 2.10. The molecule has 232 valence electrons. The predicted molar refractivity (Wildman–Crippen MR) is 161 cm³/mol. The highest BCUT2D eigenvalue weighted by Gasteiger charge is 2.43. The number of hydrogen-bond acceptors (Lipinski definition) is 5. The van der Waals surface area contributed by atoms with Gasteiger partial charge in [-0.25, -0.2) is 0 Å². The first-order chi connectivity index (χ1) is 19.8. The minimum absolute atomic E-state index is 0.0970. The molecule has 5 amide bonds. The van der Waals surface area contributed by atoms with Gasteiger partial charge < -0.3 is 25.8 Å². The van der Waals surface area contributed by atoms with E-state index in [4.69, 9.17) is 0 Å². The first-order valence-electron chi connectivity index (χ1n) is 15.4. The van der Waals surface area contributed by atoms with Crippen molar-refractivity contribution < 1.29 is 24.0 Å². The van der Waals surface area contributed by atoms with E-state index in [9.17, 15) is 24.0 Å². The van der Waals surface area contributed by atoms with Gasteiger partial charge in [-0.1, -0.05) is 78.3 Å². The molecular weight excluding hydrogens is 534 g/mol. The average molecular weight is 584 g/mol. The van der Waals surface area contributed by atoms with E-state index in [1.165, 1.54) is 4.90 Å². The van der Waals surface area contributed by atoms with E-state index in [-0.39, 0.29) is 36.0 Å². The minimum Gasteiger partial charge on any atom is -0.342 e. The molecule has 1 unspecified atom stereocenters. The van der Waals surface area contributed by atoms with Gasteiger partial charge in [0.15, 0.2) is 0 Å². The second-order valence-corrected chi connectivity index (χ2v) is 12.6. The molecule has 0 bridgehead atoms. The number of fused-ring (bicyclic) bond motifs is 1.